The topological polar surface area (TPSA) is 41.6 Å². The molecule has 0 amide bonds. The highest BCUT2D eigenvalue weighted by molar-refractivity contribution is 5.82. The van der Waals surface area contributed by atoms with E-state index in [-0.39, 0.29) is 0 Å². The van der Waals surface area contributed by atoms with Gasteiger partial charge in [0, 0.05) is 11.3 Å². The molecule has 0 unspecified atom stereocenters. The van der Waals surface area contributed by atoms with Crippen LogP contribution in [0.3, 0.4) is 0 Å². The third-order valence-electron chi connectivity index (χ3n) is 4.10. The van der Waals surface area contributed by atoms with Gasteiger partial charge in [-0.05, 0) is 44.2 Å². The van der Waals surface area contributed by atoms with Crippen molar-refractivity contribution in [3.8, 4) is 11.4 Å². The molecule has 1 aliphatic carbocycles. The van der Waals surface area contributed by atoms with Gasteiger partial charge in [-0.15, -0.1) is 0 Å². The minimum Gasteiger partial charge on any atom is -0.356 e. The molecule has 0 fully saturated rings. The van der Waals surface area contributed by atoms with E-state index < -0.39 is 0 Å². The van der Waals surface area contributed by atoms with E-state index in [1.165, 1.54) is 29.7 Å². The summed E-state index contributed by atoms with van der Waals surface area (Å²) in [6.07, 6.45) is 6.76. The van der Waals surface area contributed by atoms with Crippen LogP contribution in [0.4, 0.5) is 0 Å². The van der Waals surface area contributed by atoms with Crippen LogP contribution in [0.2, 0.25) is 0 Å². The zero-order valence-corrected chi connectivity index (χ0v) is 11.6. The van der Waals surface area contributed by atoms with Crippen LogP contribution in [-0.2, 0) is 12.8 Å². The Hall–Kier alpha value is -2.16. The molecule has 1 aromatic carbocycles. The van der Waals surface area contributed by atoms with Gasteiger partial charge in [0.25, 0.3) is 0 Å². The van der Waals surface area contributed by atoms with E-state index in [4.69, 9.17) is 4.98 Å². The first kappa shape index (κ1) is 11.6. The lowest BCUT2D eigenvalue weighted by Gasteiger charge is -2.10. The fourth-order valence-corrected chi connectivity index (χ4v) is 3.09. The molecule has 0 saturated carbocycles. The maximum absolute atomic E-state index is 4.82. The molecule has 100 valence electrons. The van der Waals surface area contributed by atoms with Crippen LogP contribution in [0.1, 0.15) is 29.7 Å². The van der Waals surface area contributed by atoms with E-state index >= 15 is 0 Å². The van der Waals surface area contributed by atoms with Crippen LogP contribution in [-0.4, -0.2) is 15.0 Å². The molecule has 0 spiro atoms. The summed E-state index contributed by atoms with van der Waals surface area (Å²) in [5.74, 6) is 0.827. The standard InChI is InChI=1S/C17H17N3/c1-11-5-4-6-12(9-11)17-18-10-15-16(20-17)13-7-2-3-8-14(13)19-15/h4-6,9-10,19H,2-3,7-8H2,1H3. The van der Waals surface area contributed by atoms with E-state index in [1.54, 1.807) is 0 Å². The minimum atomic E-state index is 0.827. The summed E-state index contributed by atoms with van der Waals surface area (Å²) in [5.41, 5.74) is 7.30. The largest absolute Gasteiger partial charge is 0.356 e. The maximum Gasteiger partial charge on any atom is 0.159 e. The van der Waals surface area contributed by atoms with Crippen molar-refractivity contribution in [1.82, 2.24) is 15.0 Å². The molecule has 3 aromatic rings. The number of aromatic nitrogens is 3. The van der Waals surface area contributed by atoms with Crippen LogP contribution < -0.4 is 0 Å². The first-order valence-corrected chi connectivity index (χ1v) is 7.25. The van der Waals surface area contributed by atoms with E-state index in [9.17, 15) is 0 Å². The molecule has 3 nitrogen and oxygen atoms in total. The summed E-state index contributed by atoms with van der Waals surface area (Å²) in [5, 5.41) is 0. The number of hydrogen-bond donors (Lipinski definition) is 1. The fraction of sp³-hybridized carbons (Fsp3) is 0.294. The Morgan fingerprint density at radius 2 is 2.05 bits per heavy atom. The zero-order valence-electron chi connectivity index (χ0n) is 11.6. The highest BCUT2D eigenvalue weighted by Crippen LogP contribution is 2.28. The molecular formula is C17H17N3. The van der Waals surface area contributed by atoms with Gasteiger partial charge in [0.1, 0.15) is 0 Å². The van der Waals surface area contributed by atoms with Crippen molar-refractivity contribution >= 4 is 11.0 Å². The van der Waals surface area contributed by atoms with Gasteiger partial charge >= 0.3 is 0 Å². The van der Waals surface area contributed by atoms with Crippen molar-refractivity contribution in [2.75, 3.05) is 0 Å². The molecule has 20 heavy (non-hydrogen) atoms. The van der Waals surface area contributed by atoms with Crippen LogP contribution in [0, 0.1) is 6.92 Å². The van der Waals surface area contributed by atoms with Crippen LogP contribution in [0.5, 0.6) is 0 Å². The summed E-state index contributed by atoms with van der Waals surface area (Å²) in [4.78, 5) is 12.8. The summed E-state index contributed by atoms with van der Waals surface area (Å²) in [6.45, 7) is 2.10. The molecule has 0 saturated heterocycles. The van der Waals surface area contributed by atoms with Gasteiger partial charge in [0.2, 0.25) is 0 Å². The summed E-state index contributed by atoms with van der Waals surface area (Å²) in [7, 11) is 0. The molecule has 4 rings (SSSR count). The van der Waals surface area contributed by atoms with E-state index in [0.717, 1.165) is 35.3 Å². The van der Waals surface area contributed by atoms with E-state index in [0.29, 0.717) is 0 Å². The third-order valence-corrected chi connectivity index (χ3v) is 4.10. The Kier molecular flexibility index (Phi) is 2.59. The zero-order chi connectivity index (χ0) is 13.5. The van der Waals surface area contributed by atoms with Gasteiger partial charge in [-0.3, -0.25) is 0 Å². The van der Waals surface area contributed by atoms with Crippen molar-refractivity contribution < 1.29 is 0 Å². The van der Waals surface area contributed by atoms with Gasteiger partial charge in [-0.1, -0.05) is 23.8 Å². The van der Waals surface area contributed by atoms with Crippen molar-refractivity contribution in [3.63, 3.8) is 0 Å². The monoisotopic (exact) mass is 263 g/mol. The average molecular weight is 263 g/mol. The molecule has 0 radical (unpaired) electrons. The van der Waals surface area contributed by atoms with Crippen LogP contribution in [0.25, 0.3) is 22.4 Å². The lowest BCUT2D eigenvalue weighted by Crippen LogP contribution is -2.00. The quantitative estimate of drug-likeness (QED) is 0.725. The average Bonchev–Trinajstić information content (AvgIpc) is 2.85. The fourth-order valence-electron chi connectivity index (χ4n) is 3.09. The molecule has 0 aliphatic heterocycles. The Balaban J connectivity index is 1.90. The normalized spacial score (nSPS) is 14.4. The highest BCUT2D eigenvalue weighted by Gasteiger charge is 2.17. The lowest BCUT2D eigenvalue weighted by atomic mass is 9.97. The van der Waals surface area contributed by atoms with Crippen LogP contribution >= 0.6 is 0 Å². The summed E-state index contributed by atoms with van der Waals surface area (Å²) in [6, 6.07) is 8.37. The second kappa shape index (κ2) is 4.44. The molecule has 1 aliphatic rings. The first-order valence-electron chi connectivity index (χ1n) is 7.25. The van der Waals surface area contributed by atoms with Gasteiger partial charge < -0.3 is 4.98 Å². The molecular weight excluding hydrogens is 246 g/mol. The third kappa shape index (κ3) is 1.82. The molecule has 1 N–H and O–H groups in total. The van der Waals surface area contributed by atoms with E-state index in [2.05, 4.69) is 41.2 Å². The molecule has 0 bridgehead atoms. The van der Waals surface area contributed by atoms with Crippen molar-refractivity contribution in [1.29, 1.82) is 0 Å². The number of aromatic amines is 1. The van der Waals surface area contributed by atoms with Gasteiger partial charge in [0.15, 0.2) is 5.82 Å². The minimum absolute atomic E-state index is 0.827. The van der Waals surface area contributed by atoms with E-state index in [1.807, 2.05) is 6.20 Å². The summed E-state index contributed by atoms with van der Waals surface area (Å²) >= 11 is 0. The molecule has 2 heterocycles. The Bertz CT molecular complexity index is 786. The van der Waals surface area contributed by atoms with Crippen molar-refractivity contribution in [2.45, 2.75) is 32.6 Å². The molecule has 2 aromatic heterocycles. The number of nitrogens with one attached hydrogen (secondary N) is 1. The maximum atomic E-state index is 4.82. The van der Waals surface area contributed by atoms with Crippen LogP contribution in [0.15, 0.2) is 30.5 Å². The molecule has 0 atom stereocenters. The number of hydrogen-bond acceptors (Lipinski definition) is 2. The SMILES string of the molecule is Cc1cccc(-c2ncc3[nH]c4c(c3n2)CCCC4)c1. The smallest absolute Gasteiger partial charge is 0.159 e. The Morgan fingerprint density at radius 3 is 2.95 bits per heavy atom. The number of benzene rings is 1. The van der Waals surface area contributed by atoms with Crippen molar-refractivity contribution in [2.24, 2.45) is 0 Å². The number of nitrogens with zero attached hydrogens (tertiary/aromatic N) is 2. The van der Waals surface area contributed by atoms with Gasteiger partial charge in [0.05, 0.1) is 17.2 Å². The van der Waals surface area contributed by atoms with Crippen molar-refractivity contribution in [3.05, 3.63) is 47.3 Å². The van der Waals surface area contributed by atoms with Gasteiger partial charge in [-0.25, -0.2) is 9.97 Å². The van der Waals surface area contributed by atoms with Gasteiger partial charge in [-0.2, -0.15) is 0 Å². The number of H-pyrrole nitrogens is 1. The Morgan fingerprint density at radius 1 is 1.15 bits per heavy atom. The number of fused-ring (bicyclic) bond motifs is 3. The highest BCUT2D eigenvalue weighted by atomic mass is 14.9. The molecule has 3 heteroatoms. The Labute approximate surface area is 118 Å². The summed E-state index contributed by atoms with van der Waals surface area (Å²) < 4.78 is 0. The number of aryl methyl sites for hydroxylation is 3. The predicted octanol–water partition coefficient (Wildman–Crippen LogP) is 3.81. The lowest BCUT2D eigenvalue weighted by molar-refractivity contribution is 0.679. The predicted molar refractivity (Wildman–Crippen MR) is 80.7 cm³/mol. The second-order valence-corrected chi connectivity index (χ2v) is 5.61. The first-order chi connectivity index (χ1) is 9.81. The number of rotatable bonds is 1. The second-order valence-electron chi connectivity index (χ2n) is 5.61.